The van der Waals surface area contributed by atoms with Crippen molar-refractivity contribution in [1.82, 2.24) is 9.56 Å². The maximum absolute atomic E-state index is 13.3. The average Bonchev–Trinajstić information content (AvgIpc) is 3.27. The van der Waals surface area contributed by atoms with Gasteiger partial charge in [-0.2, -0.15) is 0 Å². The van der Waals surface area contributed by atoms with Crippen LogP contribution in [0.15, 0.2) is 51.8 Å². The van der Waals surface area contributed by atoms with Crippen molar-refractivity contribution in [2.75, 3.05) is 25.1 Å². The predicted octanol–water partition coefficient (Wildman–Crippen LogP) is 4.93. The third kappa shape index (κ3) is 5.91. The van der Waals surface area contributed by atoms with Crippen LogP contribution in [0.4, 0.5) is 5.69 Å². The van der Waals surface area contributed by atoms with Gasteiger partial charge in [-0.1, -0.05) is 6.07 Å². The van der Waals surface area contributed by atoms with Gasteiger partial charge in [0, 0.05) is 17.7 Å². The Bertz CT molecular complexity index is 1480. The molecule has 0 unspecified atom stereocenters. The van der Waals surface area contributed by atoms with Crippen LogP contribution < -0.4 is 29.8 Å². The van der Waals surface area contributed by atoms with Gasteiger partial charge in [-0.3, -0.25) is 9.59 Å². The van der Waals surface area contributed by atoms with Gasteiger partial charge in [0.2, 0.25) is 5.75 Å². The molecule has 2 heterocycles. The van der Waals surface area contributed by atoms with E-state index in [2.05, 4.69) is 10.3 Å². The number of ether oxygens (including phenoxy) is 4. The summed E-state index contributed by atoms with van der Waals surface area (Å²) in [5, 5.41) is 2.91. The van der Waals surface area contributed by atoms with Crippen LogP contribution in [0.3, 0.4) is 0 Å². The first-order valence-electron chi connectivity index (χ1n) is 12.4. The van der Waals surface area contributed by atoms with Gasteiger partial charge in [-0.05, 0) is 64.4 Å². The number of carbonyl (C=O) groups excluding carboxylic acids is 1. The predicted molar refractivity (Wildman–Crippen MR) is 142 cm³/mol. The van der Waals surface area contributed by atoms with E-state index in [-0.39, 0.29) is 18.1 Å². The van der Waals surface area contributed by atoms with Crippen molar-refractivity contribution in [3.05, 3.63) is 75.4 Å². The highest BCUT2D eigenvalue weighted by Gasteiger charge is 2.19. The number of fused-ring (bicyclic) bond motifs is 1. The van der Waals surface area contributed by atoms with Crippen LogP contribution in [0.2, 0.25) is 0 Å². The molecule has 38 heavy (non-hydrogen) atoms. The van der Waals surface area contributed by atoms with Crippen LogP contribution in [0, 0.1) is 13.8 Å². The van der Waals surface area contributed by atoms with E-state index in [0.717, 1.165) is 10.1 Å². The molecule has 0 aliphatic heterocycles. The monoisotopic (exact) mass is 521 g/mol. The summed E-state index contributed by atoms with van der Waals surface area (Å²) in [6.45, 7) is 10.5. The Morgan fingerprint density at radius 2 is 1.58 bits per heavy atom. The fraction of sp³-hybridized carbons (Fsp3) is 0.321. The number of nitrogens with zero attached hydrogens (tertiary/aromatic N) is 2. The molecular weight excluding hydrogens is 490 g/mol. The lowest BCUT2D eigenvalue weighted by molar-refractivity contribution is 0.102. The second-order valence-corrected chi connectivity index (χ2v) is 8.43. The Kier molecular flexibility index (Phi) is 8.20. The zero-order chi connectivity index (χ0) is 27.2. The van der Waals surface area contributed by atoms with Gasteiger partial charge in [-0.15, -0.1) is 4.57 Å². The van der Waals surface area contributed by atoms with Crippen LogP contribution in [0.5, 0.6) is 23.0 Å². The maximum atomic E-state index is 13.3. The van der Waals surface area contributed by atoms with Gasteiger partial charge >= 0.3 is 0 Å². The lowest BCUT2D eigenvalue weighted by Gasteiger charge is -2.18. The summed E-state index contributed by atoms with van der Waals surface area (Å²) in [5.74, 6) is 1.94. The minimum atomic E-state index is -0.379. The van der Waals surface area contributed by atoms with Crippen molar-refractivity contribution in [3.63, 3.8) is 0 Å². The fourth-order valence-corrected chi connectivity index (χ4v) is 3.87. The lowest BCUT2D eigenvalue weighted by atomic mass is 10.1. The van der Waals surface area contributed by atoms with Gasteiger partial charge in [-0.25, -0.2) is 4.98 Å². The van der Waals surface area contributed by atoms with Crippen LogP contribution in [0.1, 0.15) is 48.1 Å². The quantitative estimate of drug-likeness (QED) is 0.296. The van der Waals surface area contributed by atoms with Crippen molar-refractivity contribution >= 4 is 17.2 Å². The molecule has 4 rings (SSSR count). The second kappa shape index (κ2) is 11.7. The van der Waals surface area contributed by atoms with Gasteiger partial charge in [0.25, 0.3) is 11.5 Å². The number of amides is 1. The number of nitrogens with one attached hydrogen (secondary N) is 1. The van der Waals surface area contributed by atoms with E-state index in [9.17, 15) is 9.59 Å². The largest absolute Gasteiger partial charge is 0.490 e. The Morgan fingerprint density at radius 3 is 2.24 bits per heavy atom. The van der Waals surface area contributed by atoms with E-state index in [0.29, 0.717) is 71.2 Å². The van der Waals surface area contributed by atoms with E-state index in [1.807, 2.05) is 33.8 Å². The molecule has 200 valence electrons. The number of aromatic nitrogens is 2. The molecule has 2 aromatic heterocycles. The Labute approximate surface area is 220 Å². The van der Waals surface area contributed by atoms with Gasteiger partial charge in [0.15, 0.2) is 17.1 Å². The average molecular weight is 522 g/mol. The first-order chi connectivity index (χ1) is 18.3. The topological polar surface area (TPSA) is 114 Å². The third-order valence-electron chi connectivity index (χ3n) is 5.46. The van der Waals surface area contributed by atoms with E-state index in [1.165, 1.54) is 6.07 Å². The molecule has 0 aliphatic rings. The van der Waals surface area contributed by atoms with Crippen molar-refractivity contribution in [3.8, 4) is 23.0 Å². The molecule has 0 aliphatic carbocycles. The molecule has 0 saturated heterocycles. The smallest absolute Gasteiger partial charge is 0.287 e. The molecule has 2 aromatic carbocycles. The van der Waals surface area contributed by atoms with Gasteiger partial charge in [0.05, 0.1) is 31.2 Å². The molecule has 4 aromatic rings. The maximum Gasteiger partial charge on any atom is 0.287 e. The molecule has 10 heteroatoms. The molecule has 0 saturated carbocycles. The van der Waals surface area contributed by atoms with Gasteiger partial charge < -0.3 is 28.8 Å². The third-order valence-corrected chi connectivity index (χ3v) is 5.46. The molecule has 0 fully saturated rings. The number of anilines is 1. The number of carbonyl (C=O) groups is 1. The van der Waals surface area contributed by atoms with Crippen LogP contribution >= 0.6 is 0 Å². The Morgan fingerprint density at radius 1 is 0.895 bits per heavy atom. The van der Waals surface area contributed by atoms with Crippen LogP contribution in [-0.2, 0) is 6.61 Å². The molecule has 0 atom stereocenters. The summed E-state index contributed by atoms with van der Waals surface area (Å²) in [7, 11) is 0. The lowest BCUT2D eigenvalue weighted by Crippen LogP contribution is -2.16. The normalized spacial score (nSPS) is 10.9. The zero-order valence-corrected chi connectivity index (χ0v) is 22.1. The van der Waals surface area contributed by atoms with Crippen LogP contribution in [0.25, 0.3) is 5.65 Å². The summed E-state index contributed by atoms with van der Waals surface area (Å²) < 4.78 is 29.7. The Hall–Kier alpha value is -4.47. The standard InChI is InChI=1S/C28H31N3O7/c1-6-34-23-13-19(14-24(35-7-2)27(23)36-8-3)28(33)30-21-10-9-17(4)11-22(21)37-16-20-15-26(32)31-25(29-20)12-18(5)38-31/h9-15H,6-8,16H2,1-5H3,(H,30,33). The number of rotatable bonds is 11. The molecule has 10 nitrogen and oxygen atoms in total. The molecular formula is C28H31N3O7. The highest BCUT2D eigenvalue weighted by atomic mass is 16.5. The highest BCUT2D eigenvalue weighted by molar-refractivity contribution is 6.05. The number of aryl methyl sites for hydroxylation is 2. The molecule has 1 N–H and O–H groups in total. The summed E-state index contributed by atoms with van der Waals surface area (Å²) in [6.07, 6.45) is 0. The van der Waals surface area contributed by atoms with E-state index in [4.69, 9.17) is 23.5 Å². The van der Waals surface area contributed by atoms with Crippen LogP contribution in [-0.4, -0.2) is 35.3 Å². The van der Waals surface area contributed by atoms with Gasteiger partial charge in [0.1, 0.15) is 18.1 Å². The van der Waals surface area contributed by atoms with Crippen molar-refractivity contribution in [2.45, 2.75) is 41.2 Å². The van der Waals surface area contributed by atoms with Crippen molar-refractivity contribution in [1.29, 1.82) is 0 Å². The number of hydrogen-bond acceptors (Lipinski definition) is 8. The van der Waals surface area contributed by atoms with Crippen molar-refractivity contribution in [2.24, 2.45) is 0 Å². The highest BCUT2D eigenvalue weighted by Crippen LogP contribution is 2.39. The first kappa shape index (κ1) is 26.6. The fourth-order valence-electron chi connectivity index (χ4n) is 3.87. The first-order valence-corrected chi connectivity index (χ1v) is 12.4. The molecule has 1 amide bonds. The molecule has 0 bridgehead atoms. The van der Waals surface area contributed by atoms with Crippen molar-refractivity contribution < 1.29 is 28.3 Å². The second-order valence-electron chi connectivity index (χ2n) is 8.43. The minimum Gasteiger partial charge on any atom is -0.490 e. The number of hydrogen-bond donors (Lipinski definition) is 1. The Balaban J connectivity index is 1.59. The zero-order valence-electron chi connectivity index (χ0n) is 22.1. The summed E-state index contributed by atoms with van der Waals surface area (Å²) in [4.78, 5) is 30.1. The summed E-state index contributed by atoms with van der Waals surface area (Å²) in [6, 6.07) is 11.7. The molecule has 0 radical (unpaired) electrons. The summed E-state index contributed by atoms with van der Waals surface area (Å²) in [5.41, 5.74) is 2.22. The van der Waals surface area contributed by atoms with E-state index < -0.39 is 0 Å². The summed E-state index contributed by atoms with van der Waals surface area (Å²) >= 11 is 0. The van der Waals surface area contributed by atoms with E-state index >= 15 is 0 Å². The SMILES string of the molecule is CCOc1cc(C(=O)Nc2ccc(C)cc2OCc2cc(=O)n3oc(C)cc3n2)cc(OCC)c1OCC. The molecule has 0 spiro atoms. The minimum absolute atomic E-state index is 0.0221. The number of benzene rings is 2. The van der Waals surface area contributed by atoms with E-state index in [1.54, 1.807) is 37.3 Å².